The zero-order valence-corrected chi connectivity index (χ0v) is 10.0. The highest BCUT2D eigenvalue weighted by Gasteiger charge is 2.24. The van der Waals surface area contributed by atoms with Crippen molar-refractivity contribution in [3.63, 3.8) is 0 Å². The molecule has 3 atom stereocenters. The van der Waals surface area contributed by atoms with Crippen LogP contribution in [0.5, 0.6) is 0 Å². The molecule has 0 saturated carbocycles. The molecule has 94 valence electrons. The lowest BCUT2D eigenvalue weighted by Crippen LogP contribution is -2.32. The fourth-order valence-corrected chi connectivity index (χ4v) is 1.93. The van der Waals surface area contributed by atoms with Gasteiger partial charge < -0.3 is 10.1 Å². The Morgan fingerprint density at radius 2 is 2.06 bits per heavy atom. The Balaban J connectivity index is 2.19. The average Bonchev–Trinajstić information content (AvgIpc) is 2.47. The van der Waals surface area contributed by atoms with Gasteiger partial charge in [0, 0.05) is 18.2 Å². The molecule has 0 bridgehead atoms. The third kappa shape index (κ3) is 2.82. The molecule has 0 amide bonds. The van der Waals surface area contributed by atoms with Crippen LogP contribution in [0.3, 0.4) is 0 Å². The van der Waals surface area contributed by atoms with E-state index in [0.29, 0.717) is 30.7 Å². The minimum Gasteiger partial charge on any atom is -0.372 e. The van der Waals surface area contributed by atoms with Gasteiger partial charge >= 0.3 is 0 Å². The highest BCUT2D eigenvalue weighted by Crippen LogP contribution is 2.24. The highest BCUT2D eigenvalue weighted by molar-refractivity contribution is 5.21. The molecule has 0 aromatic heterocycles. The predicted octanol–water partition coefficient (Wildman–Crippen LogP) is 2.65. The summed E-state index contributed by atoms with van der Waals surface area (Å²) in [6.07, 6.45) is -0.418. The summed E-state index contributed by atoms with van der Waals surface area (Å²) in [6, 6.07) is 3.79. The molecule has 4 heteroatoms. The maximum absolute atomic E-state index is 13.6. The summed E-state index contributed by atoms with van der Waals surface area (Å²) in [5, 5.41) is 3.28. The zero-order chi connectivity index (χ0) is 12.4. The van der Waals surface area contributed by atoms with E-state index in [-0.39, 0.29) is 0 Å². The summed E-state index contributed by atoms with van der Waals surface area (Å²) in [6.45, 7) is 5.20. The molecule has 0 radical (unpaired) electrons. The van der Waals surface area contributed by atoms with E-state index < -0.39 is 17.7 Å². The number of nitrogens with one attached hydrogen (secondary N) is 1. The Bertz CT molecular complexity index is 385. The predicted molar refractivity (Wildman–Crippen MR) is 61.7 cm³/mol. The van der Waals surface area contributed by atoms with Crippen molar-refractivity contribution in [1.29, 1.82) is 0 Å². The van der Waals surface area contributed by atoms with Crippen LogP contribution in [0.1, 0.15) is 25.5 Å². The standard InChI is InChI=1S/C13H17F2NO/c1-8-7-17-13(6-16-9(8)2)11-5-10(14)3-4-12(11)15/h3-5,8-9,13,16H,6-7H2,1-2H3. The van der Waals surface area contributed by atoms with Gasteiger partial charge in [-0.1, -0.05) is 6.92 Å². The zero-order valence-electron chi connectivity index (χ0n) is 10.0. The normalized spacial score (nSPS) is 30.0. The van der Waals surface area contributed by atoms with E-state index in [1.165, 1.54) is 6.07 Å². The van der Waals surface area contributed by atoms with E-state index in [1.807, 2.05) is 0 Å². The second kappa shape index (κ2) is 5.10. The maximum atomic E-state index is 13.6. The van der Waals surface area contributed by atoms with Crippen molar-refractivity contribution in [3.8, 4) is 0 Å². The second-order valence-corrected chi connectivity index (χ2v) is 4.66. The maximum Gasteiger partial charge on any atom is 0.129 e. The molecule has 1 N–H and O–H groups in total. The lowest BCUT2D eigenvalue weighted by Gasteiger charge is -2.16. The van der Waals surface area contributed by atoms with Gasteiger partial charge in [-0.25, -0.2) is 8.78 Å². The monoisotopic (exact) mass is 241 g/mol. The molecule has 1 aromatic rings. The fraction of sp³-hybridized carbons (Fsp3) is 0.538. The Kier molecular flexibility index (Phi) is 3.74. The van der Waals surface area contributed by atoms with Crippen LogP contribution < -0.4 is 5.32 Å². The van der Waals surface area contributed by atoms with Gasteiger partial charge in [0.2, 0.25) is 0 Å². The summed E-state index contributed by atoms with van der Waals surface area (Å²) < 4.78 is 32.4. The van der Waals surface area contributed by atoms with Crippen LogP contribution in [-0.2, 0) is 4.74 Å². The van der Waals surface area contributed by atoms with E-state index in [2.05, 4.69) is 19.2 Å². The molecule has 1 heterocycles. The molecule has 0 aliphatic carbocycles. The summed E-state index contributed by atoms with van der Waals surface area (Å²) in [7, 11) is 0. The molecule has 2 rings (SSSR count). The molecule has 17 heavy (non-hydrogen) atoms. The lowest BCUT2D eigenvalue weighted by atomic mass is 10.1. The fourth-order valence-electron chi connectivity index (χ4n) is 1.93. The summed E-state index contributed by atoms with van der Waals surface area (Å²) in [5.74, 6) is -0.493. The number of hydrogen-bond donors (Lipinski definition) is 1. The van der Waals surface area contributed by atoms with E-state index in [0.717, 1.165) is 12.1 Å². The van der Waals surface area contributed by atoms with Crippen molar-refractivity contribution in [2.24, 2.45) is 5.92 Å². The molecule has 1 aliphatic rings. The van der Waals surface area contributed by atoms with Crippen molar-refractivity contribution in [3.05, 3.63) is 35.4 Å². The number of halogens is 2. The second-order valence-electron chi connectivity index (χ2n) is 4.66. The lowest BCUT2D eigenvalue weighted by molar-refractivity contribution is 0.0472. The van der Waals surface area contributed by atoms with Crippen molar-refractivity contribution in [1.82, 2.24) is 5.32 Å². The Morgan fingerprint density at radius 1 is 1.29 bits per heavy atom. The first-order chi connectivity index (χ1) is 8.08. The van der Waals surface area contributed by atoms with Crippen LogP contribution in [0.25, 0.3) is 0 Å². The van der Waals surface area contributed by atoms with Crippen LogP contribution in [0.15, 0.2) is 18.2 Å². The highest BCUT2D eigenvalue weighted by atomic mass is 19.1. The summed E-state index contributed by atoms with van der Waals surface area (Å²) >= 11 is 0. The van der Waals surface area contributed by atoms with Crippen LogP contribution in [0.2, 0.25) is 0 Å². The third-order valence-electron chi connectivity index (χ3n) is 3.34. The number of hydrogen-bond acceptors (Lipinski definition) is 2. The summed E-state index contributed by atoms with van der Waals surface area (Å²) in [4.78, 5) is 0. The van der Waals surface area contributed by atoms with Gasteiger partial charge in [-0.15, -0.1) is 0 Å². The first-order valence-electron chi connectivity index (χ1n) is 5.88. The Labute approximate surface area is 100.0 Å². The minimum absolute atomic E-state index is 0.291. The Hall–Kier alpha value is -1.00. The van der Waals surface area contributed by atoms with Crippen LogP contribution >= 0.6 is 0 Å². The van der Waals surface area contributed by atoms with Crippen molar-refractivity contribution >= 4 is 0 Å². The van der Waals surface area contributed by atoms with Crippen LogP contribution in [0, 0.1) is 17.6 Å². The van der Waals surface area contributed by atoms with Crippen molar-refractivity contribution in [2.75, 3.05) is 13.2 Å². The van der Waals surface area contributed by atoms with Gasteiger partial charge in [0.05, 0.1) is 12.7 Å². The van der Waals surface area contributed by atoms with Gasteiger partial charge in [0.1, 0.15) is 11.6 Å². The topological polar surface area (TPSA) is 21.3 Å². The van der Waals surface area contributed by atoms with Gasteiger partial charge in [-0.2, -0.15) is 0 Å². The van der Waals surface area contributed by atoms with Gasteiger partial charge in [-0.05, 0) is 31.0 Å². The smallest absolute Gasteiger partial charge is 0.129 e. The SMILES string of the molecule is CC1COC(c2cc(F)ccc2F)CNC1C. The molecule has 2 nitrogen and oxygen atoms in total. The number of benzene rings is 1. The van der Waals surface area contributed by atoms with Crippen LogP contribution in [0.4, 0.5) is 8.78 Å². The molecule has 1 aromatic carbocycles. The van der Waals surface area contributed by atoms with E-state index in [1.54, 1.807) is 0 Å². The number of rotatable bonds is 1. The Morgan fingerprint density at radius 3 is 2.82 bits per heavy atom. The van der Waals surface area contributed by atoms with Gasteiger partial charge in [0.25, 0.3) is 0 Å². The first-order valence-corrected chi connectivity index (χ1v) is 5.88. The molecule has 1 fully saturated rings. The van der Waals surface area contributed by atoms with Crippen LogP contribution in [-0.4, -0.2) is 19.2 Å². The van der Waals surface area contributed by atoms with E-state index >= 15 is 0 Å². The molecule has 1 aliphatic heterocycles. The molecular weight excluding hydrogens is 224 g/mol. The van der Waals surface area contributed by atoms with E-state index in [9.17, 15) is 8.78 Å². The summed E-state index contributed by atoms with van der Waals surface area (Å²) in [5.41, 5.74) is 0.291. The van der Waals surface area contributed by atoms with Gasteiger partial charge in [-0.3, -0.25) is 0 Å². The van der Waals surface area contributed by atoms with Gasteiger partial charge in [0.15, 0.2) is 0 Å². The van der Waals surface area contributed by atoms with Crippen molar-refractivity contribution in [2.45, 2.75) is 26.0 Å². The first kappa shape index (κ1) is 12.5. The molecule has 3 unspecified atom stereocenters. The number of ether oxygens (including phenoxy) is 1. The molecular formula is C13H17F2NO. The molecule has 1 saturated heterocycles. The van der Waals surface area contributed by atoms with Crippen molar-refractivity contribution < 1.29 is 13.5 Å². The molecule has 0 spiro atoms. The average molecular weight is 241 g/mol. The largest absolute Gasteiger partial charge is 0.372 e. The third-order valence-corrected chi connectivity index (χ3v) is 3.34. The minimum atomic E-state index is -0.435. The quantitative estimate of drug-likeness (QED) is 0.816. The van der Waals surface area contributed by atoms with E-state index in [4.69, 9.17) is 4.74 Å².